The number of hydrogen-bond acceptors (Lipinski definition) is 4. The summed E-state index contributed by atoms with van der Waals surface area (Å²) >= 11 is 0. The standard InChI is InChI=1S/C11H17N3O/c1-11(3-4-11)10-13-9(15-14-10)6-8-2-5-12-7-8/h8,12H,2-7H2,1H3. The van der Waals surface area contributed by atoms with Gasteiger partial charge in [0, 0.05) is 11.8 Å². The molecule has 1 aliphatic carbocycles. The lowest BCUT2D eigenvalue weighted by Crippen LogP contribution is -2.11. The highest BCUT2D eigenvalue weighted by Gasteiger charge is 2.43. The van der Waals surface area contributed by atoms with Gasteiger partial charge in [-0.2, -0.15) is 4.98 Å². The van der Waals surface area contributed by atoms with Crippen LogP contribution in [0.3, 0.4) is 0 Å². The molecule has 0 amide bonds. The van der Waals surface area contributed by atoms with Gasteiger partial charge in [-0.3, -0.25) is 0 Å². The topological polar surface area (TPSA) is 51.0 Å². The summed E-state index contributed by atoms with van der Waals surface area (Å²) in [6.07, 6.45) is 4.58. The molecule has 1 aliphatic heterocycles. The van der Waals surface area contributed by atoms with Crippen LogP contribution in [0.15, 0.2) is 4.52 Å². The molecule has 3 rings (SSSR count). The summed E-state index contributed by atoms with van der Waals surface area (Å²) < 4.78 is 5.30. The van der Waals surface area contributed by atoms with Gasteiger partial charge in [-0.25, -0.2) is 0 Å². The fraction of sp³-hybridized carbons (Fsp3) is 0.818. The quantitative estimate of drug-likeness (QED) is 0.811. The second-order valence-electron chi connectivity index (χ2n) is 5.14. The maximum Gasteiger partial charge on any atom is 0.226 e. The average Bonchev–Trinajstić information content (AvgIpc) is 2.75. The molecular weight excluding hydrogens is 190 g/mol. The van der Waals surface area contributed by atoms with E-state index in [2.05, 4.69) is 22.4 Å². The van der Waals surface area contributed by atoms with E-state index in [1.807, 2.05) is 0 Å². The highest BCUT2D eigenvalue weighted by atomic mass is 16.5. The van der Waals surface area contributed by atoms with E-state index in [0.29, 0.717) is 5.92 Å². The van der Waals surface area contributed by atoms with Crippen LogP contribution in [0, 0.1) is 5.92 Å². The van der Waals surface area contributed by atoms with Crippen molar-refractivity contribution in [2.45, 2.75) is 38.0 Å². The first-order chi connectivity index (χ1) is 7.26. The van der Waals surface area contributed by atoms with Gasteiger partial charge in [0.2, 0.25) is 5.89 Å². The molecule has 2 aliphatic rings. The van der Waals surface area contributed by atoms with Gasteiger partial charge in [0.05, 0.1) is 0 Å². The summed E-state index contributed by atoms with van der Waals surface area (Å²) in [6, 6.07) is 0. The Kier molecular flexibility index (Phi) is 2.06. The Bertz CT molecular complexity index is 350. The summed E-state index contributed by atoms with van der Waals surface area (Å²) in [5, 5.41) is 7.44. The highest BCUT2D eigenvalue weighted by Crippen LogP contribution is 2.45. The molecule has 1 saturated heterocycles. The molecule has 4 nitrogen and oxygen atoms in total. The zero-order valence-electron chi connectivity index (χ0n) is 9.12. The van der Waals surface area contributed by atoms with Crippen LogP contribution in [0.2, 0.25) is 0 Å². The van der Waals surface area contributed by atoms with Gasteiger partial charge < -0.3 is 9.84 Å². The number of hydrogen-bond donors (Lipinski definition) is 1. The van der Waals surface area contributed by atoms with E-state index >= 15 is 0 Å². The fourth-order valence-corrected chi connectivity index (χ4v) is 2.13. The van der Waals surface area contributed by atoms with Crippen LogP contribution in [0.4, 0.5) is 0 Å². The van der Waals surface area contributed by atoms with Gasteiger partial charge in [0.1, 0.15) is 0 Å². The zero-order valence-corrected chi connectivity index (χ0v) is 9.12. The lowest BCUT2D eigenvalue weighted by atomic mass is 10.1. The molecule has 2 fully saturated rings. The Morgan fingerprint density at radius 2 is 2.40 bits per heavy atom. The van der Waals surface area contributed by atoms with E-state index in [1.165, 1.54) is 19.3 Å². The predicted molar refractivity (Wildman–Crippen MR) is 55.6 cm³/mol. The Hall–Kier alpha value is -0.900. The average molecular weight is 207 g/mol. The van der Waals surface area contributed by atoms with Crippen LogP contribution in [0.5, 0.6) is 0 Å². The van der Waals surface area contributed by atoms with Gasteiger partial charge in [0.15, 0.2) is 5.82 Å². The molecule has 1 saturated carbocycles. The van der Waals surface area contributed by atoms with Gasteiger partial charge in [0.25, 0.3) is 0 Å². The molecule has 82 valence electrons. The second kappa shape index (κ2) is 3.30. The number of nitrogens with zero attached hydrogens (tertiary/aromatic N) is 2. The smallest absolute Gasteiger partial charge is 0.226 e. The largest absolute Gasteiger partial charge is 0.339 e. The summed E-state index contributed by atoms with van der Waals surface area (Å²) in [5.74, 6) is 2.43. The van der Waals surface area contributed by atoms with Gasteiger partial charge in [-0.05, 0) is 38.3 Å². The first kappa shape index (κ1) is 9.33. The lowest BCUT2D eigenvalue weighted by Gasteiger charge is -2.02. The molecular formula is C11H17N3O. The van der Waals surface area contributed by atoms with Crippen molar-refractivity contribution in [2.24, 2.45) is 5.92 Å². The molecule has 4 heteroatoms. The third-order valence-electron chi connectivity index (χ3n) is 3.63. The fourth-order valence-electron chi connectivity index (χ4n) is 2.13. The molecule has 1 aromatic rings. The van der Waals surface area contributed by atoms with Gasteiger partial charge >= 0.3 is 0 Å². The van der Waals surface area contributed by atoms with Crippen molar-refractivity contribution < 1.29 is 4.52 Å². The summed E-state index contributed by atoms with van der Waals surface area (Å²) in [4.78, 5) is 4.50. The van der Waals surface area contributed by atoms with Gasteiger partial charge in [-0.1, -0.05) is 12.1 Å². The third-order valence-corrected chi connectivity index (χ3v) is 3.63. The van der Waals surface area contributed by atoms with Gasteiger partial charge in [-0.15, -0.1) is 0 Å². The molecule has 1 atom stereocenters. The van der Waals surface area contributed by atoms with Crippen LogP contribution in [0.1, 0.15) is 37.9 Å². The summed E-state index contributed by atoms with van der Waals surface area (Å²) in [7, 11) is 0. The molecule has 1 aromatic heterocycles. The van der Waals surface area contributed by atoms with Crippen LogP contribution in [0.25, 0.3) is 0 Å². The first-order valence-corrected chi connectivity index (χ1v) is 5.80. The number of nitrogens with one attached hydrogen (secondary N) is 1. The van der Waals surface area contributed by atoms with Crippen molar-refractivity contribution in [1.82, 2.24) is 15.5 Å². The molecule has 1 unspecified atom stereocenters. The monoisotopic (exact) mass is 207 g/mol. The van der Waals surface area contributed by atoms with Crippen molar-refractivity contribution in [2.75, 3.05) is 13.1 Å². The second-order valence-corrected chi connectivity index (χ2v) is 5.14. The summed E-state index contributed by atoms with van der Waals surface area (Å²) in [5.41, 5.74) is 0.232. The predicted octanol–water partition coefficient (Wildman–Crippen LogP) is 1.27. The molecule has 15 heavy (non-hydrogen) atoms. The molecule has 1 N–H and O–H groups in total. The maximum absolute atomic E-state index is 5.30. The Morgan fingerprint density at radius 1 is 1.53 bits per heavy atom. The molecule has 0 spiro atoms. The normalized spacial score (nSPS) is 28.2. The van der Waals surface area contributed by atoms with Crippen molar-refractivity contribution in [3.05, 3.63) is 11.7 Å². The minimum absolute atomic E-state index is 0.232. The van der Waals surface area contributed by atoms with Crippen LogP contribution >= 0.6 is 0 Å². The van der Waals surface area contributed by atoms with E-state index in [4.69, 9.17) is 4.52 Å². The molecule has 0 aromatic carbocycles. The molecule has 0 bridgehead atoms. The van der Waals surface area contributed by atoms with Crippen molar-refractivity contribution in [3.8, 4) is 0 Å². The van der Waals surface area contributed by atoms with Crippen molar-refractivity contribution in [3.63, 3.8) is 0 Å². The Morgan fingerprint density at radius 3 is 3.07 bits per heavy atom. The number of aromatic nitrogens is 2. The highest BCUT2D eigenvalue weighted by molar-refractivity contribution is 5.14. The minimum Gasteiger partial charge on any atom is -0.339 e. The SMILES string of the molecule is CC1(c2noc(CC3CCNC3)n2)CC1. The lowest BCUT2D eigenvalue weighted by molar-refractivity contribution is 0.351. The molecule has 2 heterocycles. The maximum atomic E-state index is 5.30. The van der Waals surface area contributed by atoms with E-state index in [9.17, 15) is 0 Å². The zero-order chi connectivity index (χ0) is 10.3. The minimum atomic E-state index is 0.232. The van der Waals surface area contributed by atoms with E-state index in [0.717, 1.165) is 31.2 Å². The van der Waals surface area contributed by atoms with Crippen LogP contribution in [-0.4, -0.2) is 23.2 Å². The van der Waals surface area contributed by atoms with E-state index in [-0.39, 0.29) is 5.41 Å². The van der Waals surface area contributed by atoms with Crippen molar-refractivity contribution >= 4 is 0 Å². The van der Waals surface area contributed by atoms with Crippen molar-refractivity contribution in [1.29, 1.82) is 0 Å². The Labute approximate surface area is 89.4 Å². The van der Waals surface area contributed by atoms with E-state index < -0.39 is 0 Å². The van der Waals surface area contributed by atoms with Crippen LogP contribution in [-0.2, 0) is 11.8 Å². The Balaban J connectivity index is 1.68. The van der Waals surface area contributed by atoms with E-state index in [1.54, 1.807) is 0 Å². The molecule has 0 radical (unpaired) electrons. The summed E-state index contributed by atoms with van der Waals surface area (Å²) in [6.45, 7) is 4.43. The number of rotatable bonds is 3. The third kappa shape index (κ3) is 1.78. The first-order valence-electron chi connectivity index (χ1n) is 5.80. The van der Waals surface area contributed by atoms with Crippen LogP contribution < -0.4 is 5.32 Å².